The molecule has 1 rings (SSSR count). The lowest BCUT2D eigenvalue weighted by molar-refractivity contribution is 0.0428. The van der Waals surface area contributed by atoms with E-state index in [-0.39, 0.29) is 23.9 Å². The van der Waals surface area contributed by atoms with Crippen molar-refractivity contribution in [1.82, 2.24) is 10.2 Å². The quantitative estimate of drug-likeness (QED) is 0.745. The van der Waals surface area contributed by atoms with Crippen molar-refractivity contribution in [1.29, 1.82) is 0 Å². The SMILES string of the molecule is CCOc1nnc(C=O)cc1N(C(=O)OC(C)(C)C)C(=O)OC(C)(C)C. The maximum atomic E-state index is 12.7. The molecule has 26 heavy (non-hydrogen) atoms. The standard InChI is InChI=1S/C17H25N3O6/c1-8-24-13-12(9-11(10-21)18-19-13)20(14(22)25-16(2,3)4)15(23)26-17(5,6)7/h9-10H,8H2,1-7H3. The molecule has 0 unspecified atom stereocenters. The van der Waals surface area contributed by atoms with Crippen LogP contribution in [0.4, 0.5) is 15.3 Å². The normalized spacial score (nSPS) is 11.5. The minimum Gasteiger partial charge on any atom is -0.475 e. The first-order valence-corrected chi connectivity index (χ1v) is 8.09. The fourth-order valence-electron chi connectivity index (χ4n) is 1.73. The van der Waals surface area contributed by atoms with Crippen molar-refractivity contribution in [2.75, 3.05) is 11.5 Å². The van der Waals surface area contributed by atoms with Crippen molar-refractivity contribution in [3.05, 3.63) is 11.8 Å². The summed E-state index contributed by atoms with van der Waals surface area (Å²) in [5, 5.41) is 7.41. The maximum absolute atomic E-state index is 12.7. The summed E-state index contributed by atoms with van der Waals surface area (Å²) in [7, 11) is 0. The van der Waals surface area contributed by atoms with Crippen LogP contribution in [0.1, 0.15) is 59.0 Å². The van der Waals surface area contributed by atoms with Crippen molar-refractivity contribution in [2.45, 2.75) is 59.7 Å². The molecule has 0 saturated heterocycles. The number of amides is 2. The van der Waals surface area contributed by atoms with E-state index in [0.717, 1.165) is 0 Å². The Balaban J connectivity index is 3.46. The van der Waals surface area contributed by atoms with E-state index in [1.54, 1.807) is 48.5 Å². The number of aldehydes is 1. The third-order valence-corrected chi connectivity index (χ3v) is 2.55. The summed E-state index contributed by atoms with van der Waals surface area (Å²) in [6.07, 6.45) is -1.54. The zero-order valence-corrected chi connectivity index (χ0v) is 16.2. The minimum absolute atomic E-state index is 0.0828. The highest BCUT2D eigenvalue weighted by molar-refractivity contribution is 6.10. The van der Waals surface area contributed by atoms with Crippen LogP contribution in [0, 0.1) is 0 Å². The van der Waals surface area contributed by atoms with Gasteiger partial charge in [0.15, 0.2) is 6.29 Å². The number of hydrogen-bond acceptors (Lipinski definition) is 8. The molecule has 9 heteroatoms. The number of aromatic nitrogens is 2. The lowest BCUT2D eigenvalue weighted by Crippen LogP contribution is -2.44. The molecule has 0 N–H and O–H groups in total. The Bertz CT molecular complexity index is 648. The fraction of sp³-hybridized carbons (Fsp3) is 0.588. The van der Waals surface area contributed by atoms with Gasteiger partial charge >= 0.3 is 12.2 Å². The van der Waals surface area contributed by atoms with Gasteiger partial charge in [0.05, 0.1) is 6.61 Å². The van der Waals surface area contributed by atoms with Crippen molar-refractivity contribution < 1.29 is 28.6 Å². The molecule has 0 fully saturated rings. The van der Waals surface area contributed by atoms with Crippen molar-refractivity contribution >= 4 is 24.2 Å². The van der Waals surface area contributed by atoms with Crippen LogP contribution in [0.5, 0.6) is 5.88 Å². The van der Waals surface area contributed by atoms with Crippen molar-refractivity contribution in [2.24, 2.45) is 0 Å². The Kier molecular flexibility index (Phi) is 6.66. The van der Waals surface area contributed by atoms with E-state index < -0.39 is 23.4 Å². The average molecular weight is 367 g/mol. The second-order valence-corrected chi connectivity index (χ2v) is 7.31. The summed E-state index contributed by atoms with van der Waals surface area (Å²) >= 11 is 0. The van der Waals surface area contributed by atoms with E-state index in [0.29, 0.717) is 11.2 Å². The summed E-state index contributed by atoms with van der Waals surface area (Å²) in [4.78, 5) is 37.0. The molecule has 9 nitrogen and oxygen atoms in total. The zero-order chi connectivity index (χ0) is 20.1. The lowest BCUT2D eigenvalue weighted by atomic mass is 10.2. The number of rotatable bonds is 4. The summed E-state index contributed by atoms with van der Waals surface area (Å²) < 4.78 is 15.9. The molecule has 1 aromatic rings. The highest BCUT2D eigenvalue weighted by Crippen LogP contribution is 2.29. The fourth-order valence-corrected chi connectivity index (χ4v) is 1.73. The summed E-state index contributed by atoms with van der Waals surface area (Å²) in [6.45, 7) is 11.8. The van der Waals surface area contributed by atoms with Crippen LogP contribution < -0.4 is 9.64 Å². The van der Waals surface area contributed by atoms with E-state index in [4.69, 9.17) is 14.2 Å². The van der Waals surface area contributed by atoms with Gasteiger partial charge in [-0.1, -0.05) is 0 Å². The van der Waals surface area contributed by atoms with Gasteiger partial charge in [0.25, 0.3) is 5.88 Å². The molecule has 1 aromatic heterocycles. The summed E-state index contributed by atoms with van der Waals surface area (Å²) in [5.41, 5.74) is -1.90. The zero-order valence-electron chi connectivity index (χ0n) is 16.2. The number of hydrogen-bond donors (Lipinski definition) is 0. The van der Waals surface area contributed by atoms with Gasteiger partial charge in [0.1, 0.15) is 22.6 Å². The second-order valence-electron chi connectivity index (χ2n) is 7.31. The highest BCUT2D eigenvalue weighted by atomic mass is 16.6. The van der Waals surface area contributed by atoms with Crippen LogP contribution in [0.3, 0.4) is 0 Å². The van der Waals surface area contributed by atoms with E-state index in [1.165, 1.54) is 6.07 Å². The molecule has 0 aliphatic carbocycles. The predicted octanol–water partition coefficient (Wildman–Crippen LogP) is 3.36. The molecule has 0 radical (unpaired) electrons. The number of ether oxygens (including phenoxy) is 3. The van der Waals surface area contributed by atoms with E-state index in [2.05, 4.69) is 10.2 Å². The van der Waals surface area contributed by atoms with Crippen LogP contribution in [0.2, 0.25) is 0 Å². The molecular weight excluding hydrogens is 342 g/mol. The van der Waals surface area contributed by atoms with E-state index >= 15 is 0 Å². The van der Waals surface area contributed by atoms with Crippen LogP contribution in [-0.4, -0.2) is 46.5 Å². The Morgan fingerprint density at radius 3 is 1.92 bits per heavy atom. The number of imide groups is 1. The Labute approximate surface area is 152 Å². The first kappa shape index (κ1) is 21.3. The molecule has 144 valence electrons. The topological polar surface area (TPSA) is 108 Å². The van der Waals surface area contributed by atoms with Crippen molar-refractivity contribution in [3.63, 3.8) is 0 Å². The minimum atomic E-state index is -0.988. The van der Waals surface area contributed by atoms with E-state index in [9.17, 15) is 14.4 Å². The molecule has 2 amide bonds. The summed E-state index contributed by atoms with van der Waals surface area (Å²) in [6, 6.07) is 1.21. The first-order chi connectivity index (χ1) is 11.9. The Hall–Kier alpha value is -2.71. The molecule has 1 heterocycles. The number of carbonyl (C=O) groups is 3. The van der Waals surface area contributed by atoms with Gasteiger partial charge in [-0.05, 0) is 54.5 Å². The highest BCUT2D eigenvalue weighted by Gasteiger charge is 2.35. The smallest absolute Gasteiger partial charge is 0.424 e. The van der Waals surface area contributed by atoms with Crippen LogP contribution in [0.15, 0.2) is 6.07 Å². The lowest BCUT2D eigenvalue weighted by Gasteiger charge is -2.29. The Morgan fingerprint density at radius 1 is 1.04 bits per heavy atom. The number of carbonyl (C=O) groups excluding carboxylic acids is 3. The average Bonchev–Trinajstić information content (AvgIpc) is 2.45. The van der Waals surface area contributed by atoms with Crippen molar-refractivity contribution in [3.8, 4) is 5.88 Å². The molecule has 0 atom stereocenters. The first-order valence-electron chi connectivity index (χ1n) is 8.09. The third kappa shape index (κ3) is 6.30. The number of nitrogens with zero attached hydrogens (tertiary/aromatic N) is 3. The monoisotopic (exact) mass is 367 g/mol. The van der Waals surface area contributed by atoms with Crippen LogP contribution in [0.25, 0.3) is 0 Å². The second kappa shape index (κ2) is 8.11. The molecular formula is C17H25N3O6. The molecule has 0 saturated carbocycles. The van der Waals surface area contributed by atoms with Gasteiger partial charge in [-0.15, -0.1) is 10.2 Å². The molecule has 0 bridgehead atoms. The van der Waals surface area contributed by atoms with Gasteiger partial charge in [-0.25, -0.2) is 9.59 Å². The largest absolute Gasteiger partial charge is 0.475 e. The summed E-state index contributed by atoms with van der Waals surface area (Å²) in [5.74, 6) is -0.102. The van der Waals surface area contributed by atoms with Gasteiger partial charge in [-0.2, -0.15) is 4.90 Å². The van der Waals surface area contributed by atoms with Crippen LogP contribution >= 0.6 is 0 Å². The molecule has 0 aliphatic rings. The Morgan fingerprint density at radius 2 is 1.54 bits per heavy atom. The third-order valence-electron chi connectivity index (χ3n) is 2.55. The van der Waals surface area contributed by atoms with Gasteiger partial charge in [0.2, 0.25) is 0 Å². The van der Waals surface area contributed by atoms with Gasteiger partial charge < -0.3 is 14.2 Å². The molecule has 0 aromatic carbocycles. The number of anilines is 1. The van der Waals surface area contributed by atoms with E-state index in [1.807, 2.05) is 0 Å². The molecule has 0 spiro atoms. The van der Waals surface area contributed by atoms with Crippen LogP contribution in [-0.2, 0) is 9.47 Å². The van der Waals surface area contributed by atoms with Gasteiger partial charge in [0, 0.05) is 0 Å². The molecule has 0 aliphatic heterocycles. The van der Waals surface area contributed by atoms with Gasteiger partial charge in [-0.3, -0.25) is 4.79 Å². The predicted molar refractivity (Wildman–Crippen MR) is 93.5 cm³/mol. The maximum Gasteiger partial charge on any atom is 0.424 e.